The van der Waals surface area contributed by atoms with Gasteiger partial charge >= 0.3 is 0 Å². The monoisotopic (exact) mass is 235 g/mol. The quantitative estimate of drug-likeness (QED) is 0.606. The number of para-hydroxylation sites is 1. The first-order chi connectivity index (χ1) is 5.77. The number of benzene rings is 1. The summed E-state index contributed by atoms with van der Waals surface area (Å²) < 4.78 is 0. The van der Waals surface area contributed by atoms with Crippen LogP contribution in [0.4, 0.5) is 17.1 Å². The topological polar surface area (TPSA) is 50.1 Å². The van der Waals surface area contributed by atoms with Crippen molar-refractivity contribution < 1.29 is 0 Å². The molecule has 0 saturated carbocycles. The first-order valence-electron chi connectivity index (χ1n) is 4.16. The van der Waals surface area contributed by atoms with Gasteiger partial charge in [-0.25, -0.2) is 0 Å². The molecule has 3 nitrogen and oxygen atoms in total. The van der Waals surface area contributed by atoms with Crippen LogP contribution < -0.4 is 16.4 Å². The second-order valence-electron chi connectivity index (χ2n) is 3.20. The summed E-state index contributed by atoms with van der Waals surface area (Å²) in [7, 11) is 0. The molecule has 0 aromatic heterocycles. The van der Waals surface area contributed by atoms with Gasteiger partial charge in [0, 0.05) is 12.6 Å². The van der Waals surface area contributed by atoms with Crippen LogP contribution in [0.1, 0.15) is 6.92 Å². The smallest absolute Gasteiger partial charge is 0.0812 e. The van der Waals surface area contributed by atoms with Crippen molar-refractivity contribution in [2.75, 3.05) is 22.9 Å². The summed E-state index contributed by atoms with van der Waals surface area (Å²) in [6.07, 6.45) is 0. The van der Waals surface area contributed by atoms with E-state index in [1.54, 1.807) is 0 Å². The third-order valence-corrected chi connectivity index (χ3v) is 2.09. The number of fused-ring (bicyclic) bond motifs is 1. The standard InChI is InChI=1S/C9H13N3.2ClH/c1-6-5-11-8-4-2-3-7(10)9(8)12-6;;/h2-4,6,11-12H,5,10H2,1H3;2*1H. The second kappa shape index (κ2) is 5.17. The summed E-state index contributed by atoms with van der Waals surface area (Å²) >= 11 is 0. The van der Waals surface area contributed by atoms with Crippen molar-refractivity contribution >= 4 is 41.9 Å². The molecule has 0 amide bonds. The van der Waals surface area contributed by atoms with Crippen molar-refractivity contribution in [3.8, 4) is 0 Å². The summed E-state index contributed by atoms with van der Waals surface area (Å²) in [6, 6.07) is 6.34. The van der Waals surface area contributed by atoms with Crippen molar-refractivity contribution in [3.05, 3.63) is 18.2 Å². The zero-order valence-corrected chi connectivity index (χ0v) is 9.54. The molecule has 5 heteroatoms. The highest BCUT2D eigenvalue weighted by atomic mass is 35.5. The van der Waals surface area contributed by atoms with Gasteiger partial charge in [-0.05, 0) is 19.1 Å². The maximum atomic E-state index is 5.80. The third-order valence-electron chi connectivity index (χ3n) is 2.09. The number of nitrogen functional groups attached to an aromatic ring is 1. The summed E-state index contributed by atoms with van der Waals surface area (Å²) in [6.45, 7) is 3.08. The number of rotatable bonds is 0. The second-order valence-corrected chi connectivity index (χ2v) is 3.20. The van der Waals surface area contributed by atoms with Crippen LogP contribution in [0.2, 0.25) is 0 Å². The zero-order valence-electron chi connectivity index (χ0n) is 7.91. The van der Waals surface area contributed by atoms with Gasteiger partial charge in [0.2, 0.25) is 0 Å². The van der Waals surface area contributed by atoms with Crippen molar-refractivity contribution in [1.82, 2.24) is 0 Å². The lowest BCUT2D eigenvalue weighted by Crippen LogP contribution is -2.30. The van der Waals surface area contributed by atoms with Gasteiger partial charge in [0.25, 0.3) is 0 Å². The molecule has 0 spiro atoms. The molecule has 0 aliphatic carbocycles. The van der Waals surface area contributed by atoms with Crippen molar-refractivity contribution in [1.29, 1.82) is 0 Å². The molecule has 2 rings (SSSR count). The van der Waals surface area contributed by atoms with Crippen LogP contribution in [0, 0.1) is 0 Å². The van der Waals surface area contributed by atoms with Crippen LogP contribution >= 0.6 is 24.8 Å². The van der Waals surface area contributed by atoms with E-state index in [-0.39, 0.29) is 24.8 Å². The Kier molecular flexibility index (Phi) is 4.88. The third kappa shape index (κ3) is 2.36. The molecular formula is C9H15Cl2N3. The van der Waals surface area contributed by atoms with Crippen LogP contribution in [-0.4, -0.2) is 12.6 Å². The predicted molar refractivity (Wildman–Crippen MR) is 66.9 cm³/mol. The van der Waals surface area contributed by atoms with E-state index in [2.05, 4.69) is 17.6 Å². The molecule has 1 aromatic rings. The Morgan fingerprint density at radius 1 is 1.36 bits per heavy atom. The Labute approximate surface area is 96.3 Å². The minimum Gasteiger partial charge on any atom is -0.397 e. The molecule has 1 aliphatic heterocycles. The highest BCUT2D eigenvalue weighted by Gasteiger charge is 2.14. The fourth-order valence-electron chi connectivity index (χ4n) is 1.44. The Morgan fingerprint density at radius 2 is 2.07 bits per heavy atom. The van der Waals surface area contributed by atoms with Crippen molar-refractivity contribution in [2.24, 2.45) is 0 Å². The van der Waals surface area contributed by atoms with Crippen LogP contribution in [0.25, 0.3) is 0 Å². The molecule has 14 heavy (non-hydrogen) atoms. The fraction of sp³-hybridized carbons (Fsp3) is 0.333. The summed E-state index contributed by atoms with van der Waals surface area (Å²) in [4.78, 5) is 0. The molecule has 1 aliphatic rings. The van der Waals surface area contributed by atoms with Gasteiger partial charge in [0.05, 0.1) is 17.1 Å². The molecule has 0 radical (unpaired) electrons. The minimum atomic E-state index is 0. The van der Waals surface area contributed by atoms with Crippen molar-refractivity contribution in [2.45, 2.75) is 13.0 Å². The first kappa shape index (κ1) is 13.2. The number of nitrogens with one attached hydrogen (secondary N) is 2. The molecule has 1 atom stereocenters. The molecule has 1 heterocycles. The maximum absolute atomic E-state index is 5.80. The van der Waals surface area contributed by atoms with E-state index in [4.69, 9.17) is 5.73 Å². The average Bonchev–Trinajstić information content (AvgIpc) is 2.07. The molecule has 0 bridgehead atoms. The van der Waals surface area contributed by atoms with Gasteiger partial charge in [-0.1, -0.05) is 6.07 Å². The van der Waals surface area contributed by atoms with Gasteiger partial charge < -0.3 is 16.4 Å². The Balaban J connectivity index is 0.000000845. The molecular weight excluding hydrogens is 221 g/mol. The van der Waals surface area contributed by atoms with E-state index in [1.165, 1.54) is 0 Å². The van der Waals surface area contributed by atoms with E-state index < -0.39 is 0 Å². The minimum absolute atomic E-state index is 0. The van der Waals surface area contributed by atoms with Gasteiger partial charge in [0.15, 0.2) is 0 Å². The zero-order chi connectivity index (χ0) is 8.55. The lowest BCUT2D eigenvalue weighted by atomic mass is 10.1. The van der Waals surface area contributed by atoms with E-state index in [0.29, 0.717) is 6.04 Å². The summed E-state index contributed by atoms with van der Waals surface area (Å²) in [5.41, 5.74) is 8.76. The average molecular weight is 236 g/mol. The molecule has 80 valence electrons. The van der Waals surface area contributed by atoms with E-state index in [9.17, 15) is 0 Å². The van der Waals surface area contributed by atoms with E-state index >= 15 is 0 Å². The highest BCUT2D eigenvalue weighted by Crippen LogP contribution is 2.31. The van der Waals surface area contributed by atoms with Gasteiger partial charge in [-0.15, -0.1) is 24.8 Å². The number of hydrogen-bond acceptors (Lipinski definition) is 3. The predicted octanol–water partition coefficient (Wildman–Crippen LogP) is 2.34. The number of hydrogen-bond donors (Lipinski definition) is 3. The molecule has 0 saturated heterocycles. The van der Waals surface area contributed by atoms with E-state index in [0.717, 1.165) is 23.6 Å². The van der Waals surface area contributed by atoms with Gasteiger partial charge in [-0.2, -0.15) is 0 Å². The summed E-state index contributed by atoms with van der Waals surface area (Å²) in [5.74, 6) is 0. The molecule has 1 unspecified atom stereocenters. The fourth-order valence-corrected chi connectivity index (χ4v) is 1.44. The largest absolute Gasteiger partial charge is 0.397 e. The molecule has 1 aromatic carbocycles. The van der Waals surface area contributed by atoms with Crippen LogP contribution in [0.15, 0.2) is 18.2 Å². The number of halogens is 2. The number of nitrogens with two attached hydrogens (primary N) is 1. The first-order valence-corrected chi connectivity index (χ1v) is 4.16. The van der Waals surface area contributed by atoms with Gasteiger partial charge in [0.1, 0.15) is 0 Å². The normalized spacial score (nSPS) is 17.6. The van der Waals surface area contributed by atoms with Gasteiger partial charge in [-0.3, -0.25) is 0 Å². The molecule has 4 N–H and O–H groups in total. The van der Waals surface area contributed by atoms with E-state index in [1.807, 2.05) is 18.2 Å². The SMILES string of the molecule is CC1CNc2cccc(N)c2N1.Cl.Cl. The summed E-state index contributed by atoms with van der Waals surface area (Å²) in [5, 5.41) is 6.65. The number of anilines is 3. The Bertz CT molecular complexity index is 304. The molecule has 0 fully saturated rings. The maximum Gasteiger partial charge on any atom is 0.0812 e. The lowest BCUT2D eigenvalue weighted by Gasteiger charge is -2.26. The van der Waals surface area contributed by atoms with Crippen LogP contribution in [0.3, 0.4) is 0 Å². The van der Waals surface area contributed by atoms with Crippen LogP contribution in [0.5, 0.6) is 0 Å². The Morgan fingerprint density at radius 3 is 2.79 bits per heavy atom. The van der Waals surface area contributed by atoms with Crippen molar-refractivity contribution in [3.63, 3.8) is 0 Å². The van der Waals surface area contributed by atoms with Crippen LogP contribution in [-0.2, 0) is 0 Å². The lowest BCUT2D eigenvalue weighted by molar-refractivity contribution is 0.818. The Hall–Kier alpha value is -0.800. The highest BCUT2D eigenvalue weighted by molar-refractivity contribution is 5.85.